The van der Waals surface area contributed by atoms with Crippen molar-refractivity contribution in [1.29, 1.82) is 5.26 Å². The summed E-state index contributed by atoms with van der Waals surface area (Å²) in [5, 5.41) is 12.0. The third-order valence-electron chi connectivity index (χ3n) is 2.54. The first-order valence-corrected chi connectivity index (χ1v) is 6.22. The van der Waals surface area contributed by atoms with Crippen LogP contribution in [0.4, 0.5) is 4.39 Å². The van der Waals surface area contributed by atoms with Gasteiger partial charge in [0.25, 0.3) is 0 Å². The molecule has 0 saturated heterocycles. The molecule has 1 N–H and O–H groups in total. The quantitative estimate of drug-likeness (QED) is 0.605. The van der Waals surface area contributed by atoms with Crippen molar-refractivity contribution in [2.45, 2.75) is 26.3 Å². The monoisotopic (exact) mass is 264 g/mol. The van der Waals surface area contributed by atoms with Gasteiger partial charge in [-0.3, -0.25) is 4.79 Å². The lowest BCUT2D eigenvalue weighted by molar-refractivity contribution is -0.143. The summed E-state index contributed by atoms with van der Waals surface area (Å²) in [6.07, 6.45) is 1.01. The van der Waals surface area contributed by atoms with Gasteiger partial charge in [-0.15, -0.1) is 0 Å². The van der Waals surface area contributed by atoms with E-state index in [2.05, 4.69) is 5.32 Å². The average Bonchev–Trinajstić information content (AvgIpc) is 2.39. The van der Waals surface area contributed by atoms with E-state index in [0.717, 1.165) is 0 Å². The zero-order valence-corrected chi connectivity index (χ0v) is 10.9. The summed E-state index contributed by atoms with van der Waals surface area (Å²) in [6.45, 7) is 3.17. The van der Waals surface area contributed by atoms with E-state index in [0.29, 0.717) is 43.7 Å². The normalized spacial score (nSPS) is 9.95. The number of carbonyl (C=O) groups is 1. The highest BCUT2D eigenvalue weighted by Crippen LogP contribution is 2.10. The molecule has 0 radical (unpaired) electrons. The van der Waals surface area contributed by atoms with Crippen molar-refractivity contribution in [2.75, 3.05) is 13.2 Å². The van der Waals surface area contributed by atoms with E-state index in [9.17, 15) is 9.18 Å². The second-order valence-corrected chi connectivity index (χ2v) is 4.00. The number of halogens is 1. The molecule has 0 fully saturated rings. The van der Waals surface area contributed by atoms with E-state index in [1.54, 1.807) is 6.92 Å². The van der Waals surface area contributed by atoms with Crippen LogP contribution in [0.2, 0.25) is 0 Å². The second kappa shape index (κ2) is 8.22. The largest absolute Gasteiger partial charge is 0.466 e. The molecule has 1 aromatic rings. The van der Waals surface area contributed by atoms with Crippen LogP contribution in [0, 0.1) is 17.1 Å². The molecule has 1 aromatic carbocycles. The van der Waals surface area contributed by atoms with Crippen molar-refractivity contribution in [3.8, 4) is 6.07 Å². The van der Waals surface area contributed by atoms with Gasteiger partial charge < -0.3 is 10.1 Å². The van der Waals surface area contributed by atoms with Crippen LogP contribution in [0.1, 0.15) is 30.9 Å². The van der Waals surface area contributed by atoms with E-state index in [-0.39, 0.29) is 11.8 Å². The maximum absolute atomic E-state index is 13.1. The van der Waals surface area contributed by atoms with Crippen molar-refractivity contribution in [3.63, 3.8) is 0 Å². The van der Waals surface area contributed by atoms with Gasteiger partial charge in [0.15, 0.2) is 0 Å². The Kier molecular flexibility index (Phi) is 6.55. The Morgan fingerprint density at radius 2 is 2.32 bits per heavy atom. The van der Waals surface area contributed by atoms with Crippen LogP contribution in [-0.4, -0.2) is 19.1 Å². The molecule has 0 unspecified atom stereocenters. The molecule has 4 nitrogen and oxygen atoms in total. The molecule has 19 heavy (non-hydrogen) atoms. The lowest BCUT2D eigenvalue weighted by Gasteiger charge is -2.06. The molecule has 0 aliphatic carbocycles. The molecule has 0 bridgehead atoms. The highest BCUT2D eigenvalue weighted by atomic mass is 19.1. The van der Waals surface area contributed by atoms with Crippen molar-refractivity contribution >= 4 is 5.97 Å². The molecule has 102 valence electrons. The Labute approximate surface area is 112 Å². The molecule has 0 heterocycles. The van der Waals surface area contributed by atoms with E-state index >= 15 is 0 Å². The lowest BCUT2D eigenvalue weighted by atomic mass is 10.1. The molecule has 0 spiro atoms. The summed E-state index contributed by atoms with van der Waals surface area (Å²) < 4.78 is 17.9. The first kappa shape index (κ1) is 15.1. The van der Waals surface area contributed by atoms with Gasteiger partial charge in [0.1, 0.15) is 5.82 Å². The lowest BCUT2D eigenvalue weighted by Crippen LogP contribution is -2.17. The zero-order valence-electron chi connectivity index (χ0n) is 10.9. The van der Waals surface area contributed by atoms with Crippen molar-refractivity contribution in [3.05, 3.63) is 35.1 Å². The standard InChI is InChI=1S/C14H17FN2O2/c1-2-19-14(18)4-3-7-17-10-12-8-13(15)6-5-11(12)9-16/h5-6,8,17H,2-4,7,10H2,1H3. The third-order valence-corrected chi connectivity index (χ3v) is 2.54. The van der Waals surface area contributed by atoms with E-state index in [1.807, 2.05) is 6.07 Å². The Morgan fingerprint density at radius 3 is 3.00 bits per heavy atom. The van der Waals surface area contributed by atoms with Gasteiger partial charge in [0.05, 0.1) is 18.2 Å². The number of ether oxygens (including phenoxy) is 1. The predicted octanol–water partition coefficient (Wildman–Crippen LogP) is 2.13. The zero-order chi connectivity index (χ0) is 14.1. The van der Waals surface area contributed by atoms with Crippen LogP contribution >= 0.6 is 0 Å². The van der Waals surface area contributed by atoms with Crippen molar-refractivity contribution in [1.82, 2.24) is 5.32 Å². The molecule has 0 aromatic heterocycles. The average molecular weight is 264 g/mol. The van der Waals surface area contributed by atoms with E-state index < -0.39 is 0 Å². The summed E-state index contributed by atoms with van der Waals surface area (Å²) in [5.74, 6) is -0.574. The molecule has 0 amide bonds. The highest BCUT2D eigenvalue weighted by Gasteiger charge is 2.04. The number of esters is 1. The number of benzene rings is 1. The minimum atomic E-state index is -0.359. The van der Waals surface area contributed by atoms with Gasteiger partial charge in [-0.25, -0.2) is 4.39 Å². The molecule has 0 aliphatic rings. The maximum atomic E-state index is 13.1. The number of nitrogens with one attached hydrogen (secondary N) is 1. The summed E-state index contributed by atoms with van der Waals surface area (Å²) in [6, 6.07) is 6.09. The fourth-order valence-corrected chi connectivity index (χ4v) is 1.63. The van der Waals surface area contributed by atoms with Crippen LogP contribution in [0.25, 0.3) is 0 Å². The minimum absolute atomic E-state index is 0.215. The van der Waals surface area contributed by atoms with Gasteiger partial charge in [0, 0.05) is 13.0 Å². The molecule has 5 heteroatoms. The topological polar surface area (TPSA) is 62.1 Å². The van der Waals surface area contributed by atoms with E-state index in [1.165, 1.54) is 18.2 Å². The Bertz CT molecular complexity index is 469. The summed E-state index contributed by atoms with van der Waals surface area (Å²) >= 11 is 0. The number of rotatable bonds is 7. The molecular weight excluding hydrogens is 247 g/mol. The van der Waals surface area contributed by atoms with Crippen LogP contribution in [-0.2, 0) is 16.1 Å². The molecule has 1 rings (SSSR count). The van der Waals surface area contributed by atoms with Crippen LogP contribution in [0.3, 0.4) is 0 Å². The Balaban J connectivity index is 2.32. The number of hydrogen-bond acceptors (Lipinski definition) is 4. The highest BCUT2D eigenvalue weighted by molar-refractivity contribution is 5.69. The predicted molar refractivity (Wildman–Crippen MR) is 68.7 cm³/mol. The minimum Gasteiger partial charge on any atom is -0.466 e. The van der Waals surface area contributed by atoms with Crippen LogP contribution in [0.5, 0.6) is 0 Å². The fourth-order valence-electron chi connectivity index (χ4n) is 1.63. The second-order valence-electron chi connectivity index (χ2n) is 4.00. The Morgan fingerprint density at radius 1 is 1.53 bits per heavy atom. The van der Waals surface area contributed by atoms with Crippen LogP contribution < -0.4 is 5.32 Å². The third kappa shape index (κ3) is 5.49. The smallest absolute Gasteiger partial charge is 0.305 e. The SMILES string of the molecule is CCOC(=O)CCCNCc1cc(F)ccc1C#N. The fraction of sp³-hybridized carbons (Fsp3) is 0.429. The van der Waals surface area contributed by atoms with Crippen LogP contribution in [0.15, 0.2) is 18.2 Å². The van der Waals surface area contributed by atoms with Crippen molar-refractivity contribution < 1.29 is 13.9 Å². The molecular formula is C14H17FN2O2. The first-order chi connectivity index (χ1) is 9.17. The van der Waals surface area contributed by atoms with Gasteiger partial charge >= 0.3 is 5.97 Å². The number of carbonyl (C=O) groups excluding carboxylic acids is 1. The van der Waals surface area contributed by atoms with E-state index in [4.69, 9.17) is 10.00 Å². The summed E-state index contributed by atoms with van der Waals surface area (Å²) in [5.41, 5.74) is 1.08. The van der Waals surface area contributed by atoms with Gasteiger partial charge in [0.2, 0.25) is 0 Å². The summed E-state index contributed by atoms with van der Waals surface area (Å²) in [4.78, 5) is 11.1. The number of nitriles is 1. The molecule has 0 aliphatic heterocycles. The van der Waals surface area contributed by atoms with Gasteiger partial charge in [-0.05, 0) is 43.7 Å². The number of hydrogen-bond donors (Lipinski definition) is 1. The van der Waals surface area contributed by atoms with Crippen molar-refractivity contribution in [2.24, 2.45) is 0 Å². The van der Waals surface area contributed by atoms with Gasteiger partial charge in [-0.2, -0.15) is 5.26 Å². The molecule has 0 atom stereocenters. The summed E-state index contributed by atoms with van der Waals surface area (Å²) in [7, 11) is 0. The first-order valence-electron chi connectivity index (χ1n) is 6.22. The Hall–Kier alpha value is -1.93. The maximum Gasteiger partial charge on any atom is 0.305 e. The number of nitrogens with zero attached hydrogens (tertiary/aromatic N) is 1. The van der Waals surface area contributed by atoms with Gasteiger partial charge in [-0.1, -0.05) is 0 Å². The molecule has 0 saturated carbocycles.